The van der Waals surface area contributed by atoms with Crippen molar-refractivity contribution < 1.29 is 28.7 Å². The molecule has 10 nitrogen and oxygen atoms in total. The molecule has 41 heavy (non-hydrogen) atoms. The van der Waals surface area contributed by atoms with Gasteiger partial charge in [0.25, 0.3) is 11.6 Å². The molecule has 212 valence electrons. The highest BCUT2D eigenvalue weighted by atomic mass is 35.5. The van der Waals surface area contributed by atoms with Gasteiger partial charge in [0, 0.05) is 12.1 Å². The molecule has 4 rings (SSSR count). The van der Waals surface area contributed by atoms with Crippen molar-refractivity contribution in [2.45, 2.75) is 20.0 Å². The van der Waals surface area contributed by atoms with Crippen molar-refractivity contribution >= 4 is 58.3 Å². The predicted molar refractivity (Wildman–Crippen MR) is 158 cm³/mol. The monoisotopic (exact) mass is 595 g/mol. The smallest absolute Gasteiger partial charge is 0.325 e. The number of aryl methyl sites for hydroxylation is 1. The SMILES string of the molecule is CCc1ccc(N2C(=O)/C(=C/c3cc(Cl)c(OCc4ccc([N+](=O)[O-])cc4)c(OC)c3)N(CC(=O)OC)C2=S)cc1. The summed E-state index contributed by atoms with van der Waals surface area (Å²) in [7, 11) is 2.70. The Hall–Kier alpha value is -4.48. The Morgan fingerprint density at radius 2 is 1.73 bits per heavy atom. The first-order valence-corrected chi connectivity index (χ1v) is 13.2. The molecule has 1 fully saturated rings. The molecule has 12 heteroatoms. The fraction of sp³-hybridized carbons (Fsp3) is 0.207. The van der Waals surface area contributed by atoms with E-state index in [9.17, 15) is 19.7 Å². The third-order valence-corrected chi connectivity index (χ3v) is 7.02. The average Bonchev–Trinajstić information content (AvgIpc) is 3.20. The van der Waals surface area contributed by atoms with Crippen LogP contribution in [0.1, 0.15) is 23.6 Å². The van der Waals surface area contributed by atoms with Gasteiger partial charge in [0.15, 0.2) is 16.6 Å². The standard InChI is InChI=1S/C29H26ClN3O7S/c1-4-18-5-9-21(10-6-18)32-28(35)24(31(29(32)41)16-26(34)39-3)14-20-13-23(30)27(25(15-20)38-2)40-17-19-7-11-22(12-8-19)33(36)37/h5-15H,4,16-17H2,1-3H3/b24-14-. The number of nitro groups is 1. The Kier molecular flexibility index (Phi) is 9.21. The van der Waals surface area contributed by atoms with Crippen molar-refractivity contribution in [1.29, 1.82) is 0 Å². The van der Waals surface area contributed by atoms with Crippen LogP contribution >= 0.6 is 23.8 Å². The van der Waals surface area contributed by atoms with Crippen LogP contribution in [0.3, 0.4) is 0 Å². The molecule has 1 aliphatic heterocycles. The van der Waals surface area contributed by atoms with Gasteiger partial charge in [0.05, 0.1) is 29.9 Å². The number of rotatable bonds is 10. The molecule has 0 atom stereocenters. The number of carbonyl (C=O) groups is 2. The zero-order valence-electron chi connectivity index (χ0n) is 22.5. The highest BCUT2D eigenvalue weighted by Gasteiger charge is 2.40. The summed E-state index contributed by atoms with van der Waals surface area (Å²) in [6.45, 7) is 1.85. The van der Waals surface area contributed by atoms with Gasteiger partial charge in [0.1, 0.15) is 18.8 Å². The molecule has 1 saturated heterocycles. The minimum absolute atomic E-state index is 0.0273. The highest BCUT2D eigenvalue weighted by Crippen LogP contribution is 2.38. The fourth-order valence-electron chi connectivity index (χ4n) is 4.13. The third-order valence-electron chi connectivity index (χ3n) is 6.34. The van der Waals surface area contributed by atoms with Gasteiger partial charge in [-0.05, 0) is 77.8 Å². The molecular formula is C29H26ClN3O7S. The minimum Gasteiger partial charge on any atom is -0.493 e. The van der Waals surface area contributed by atoms with E-state index in [4.69, 9.17) is 38.0 Å². The summed E-state index contributed by atoms with van der Waals surface area (Å²) in [4.78, 5) is 39.0. The normalized spacial score (nSPS) is 14.0. The number of anilines is 1. The lowest BCUT2D eigenvalue weighted by molar-refractivity contribution is -0.384. The van der Waals surface area contributed by atoms with Gasteiger partial charge in [-0.25, -0.2) is 0 Å². The van der Waals surface area contributed by atoms with E-state index in [0.29, 0.717) is 22.6 Å². The third kappa shape index (κ3) is 6.47. The van der Waals surface area contributed by atoms with Crippen LogP contribution in [0.15, 0.2) is 66.4 Å². The number of thiocarbonyl (C=S) groups is 1. The Bertz CT molecular complexity index is 1520. The summed E-state index contributed by atoms with van der Waals surface area (Å²) in [5.41, 5.74) is 2.99. The number of hydrogen-bond donors (Lipinski definition) is 0. The van der Waals surface area contributed by atoms with Crippen molar-refractivity contribution in [3.8, 4) is 11.5 Å². The molecule has 0 spiro atoms. The van der Waals surface area contributed by atoms with Crippen molar-refractivity contribution in [3.63, 3.8) is 0 Å². The fourth-order valence-corrected chi connectivity index (χ4v) is 4.75. The first kappa shape index (κ1) is 29.5. The molecule has 0 radical (unpaired) electrons. The Morgan fingerprint density at radius 1 is 1.07 bits per heavy atom. The summed E-state index contributed by atoms with van der Waals surface area (Å²) >= 11 is 12.2. The highest BCUT2D eigenvalue weighted by molar-refractivity contribution is 7.80. The molecule has 0 bridgehead atoms. The average molecular weight is 596 g/mol. The van der Waals surface area contributed by atoms with Gasteiger partial charge in [0.2, 0.25) is 0 Å². The maximum atomic E-state index is 13.6. The van der Waals surface area contributed by atoms with E-state index in [1.54, 1.807) is 42.5 Å². The number of nitro benzene ring substituents is 1. The second kappa shape index (κ2) is 12.8. The topological polar surface area (TPSA) is 111 Å². The predicted octanol–water partition coefficient (Wildman–Crippen LogP) is 5.55. The van der Waals surface area contributed by atoms with E-state index < -0.39 is 16.8 Å². The Balaban J connectivity index is 1.65. The molecule has 0 N–H and O–H groups in total. The maximum absolute atomic E-state index is 13.6. The molecule has 1 amide bonds. The lowest BCUT2D eigenvalue weighted by Crippen LogP contribution is -2.35. The van der Waals surface area contributed by atoms with Crippen LogP contribution in [0.5, 0.6) is 11.5 Å². The molecular weight excluding hydrogens is 570 g/mol. The summed E-state index contributed by atoms with van der Waals surface area (Å²) in [6, 6.07) is 16.6. The number of halogens is 1. The summed E-state index contributed by atoms with van der Waals surface area (Å²) in [6.07, 6.45) is 2.40. The van der Waals surface area contributed by atoms with Gasteiger partial charge < -0.3 is 19.1 Å². The van der Waals surface area contributed by atoms with Crippen molar-refractivity contribution in [3.05, 3.63) is 98.2 Å². The second-order valence-corrected chi connectivity index (χ2v) is 9.65. The van der Waals surface area contributed by atoms with E-state index in [2.05, 4.69) is 0 Å². The number of methoxy groups -OCH3 is 2. The molecule has 1 heterocycles. The van der Waals surface area contributed by atoms with Crippen molar-refractivity contribution in [1.82, 2.24) is 4.90 Å². The quantitative estimate of drug-likeness (QED) is 0.0979. The Morgan fingerprint density at radius 3 is 2.32 bits per heavy atom. The van der Waals surface area contributed by atoms with Crippen LogP contribution in [-0.2, 0) is 27.4 Å². The Labute approximate surface area is 246 Å². The van der Waals surface area contributed by atoms with E-state index in [1.807, 2.05) is 19.1 Å². The van der Waals surface area contributed by atoms with Gasteiger partial charge in [-0.3, -0.25) is 24.6 Å². The molecule has 1 aliphatic rings. The van der Waals surface area contributed by atoms with Crippen LogP contribution < -0.4 is 14.4 Å². The molecule has 3 aromatic carbocycles. The molecule has 0 saturated carbocycles. The maximum Gasteiger partial charge on any atom is 0.325 e. The van der Waals surface area contributed by atoms with Crippen LogP contribution in [0.4, 0.5) is 11.4 Å². The van der Waals surface area contributed by atoms with Crippen LogP contribution in [-0.4, -0.2) is 47.6 Å². The molecule has 0 aliphatic carbocycles. The van der Waals surface area contributed by atoms with Crippen LogP contribution in [0, 0.1) is 10.1 Å². The molecule has 0 unspecified atom stereocenters. The van der Waals surface area contributed by atoms with E-state index in [0.717, 1.165) is 12.0 Å². The van der Waals surface area contributed by atoms with Gasteiger partial charge in [-0.2, -0.15) is 0 Å². The number of non-ortho nitro benzene ring substituents is 1. The first-order chi connectivity index (χ1) is 19.7. The number of amides is 1. The van der Waals surface area contributed by atoms with Crippen molar-refractivity contribution in [2.24, 2.45) is 0 Å². The second-order valence-electron chi connectivity index (χ2n) is 8.88. The van der Waals surface area contributed by atoms with Crippen molar-refractivity contribution in [2.75, 3.05) is 25.7 Å². The largest absolute Gasteiger partial charge is 0.493 e. The van der Waals surface area contributed by atoms with Crippen LogP contribution in [0.25, 0.3) is 6.08 Å². The zero-order chi connectivity index (χ0) is 29.7. The van der Waals surface area contributed by atoms with E-state index in [-0.39, 0.29) is 40.4 Å². The van der Waals surface area contributed by atoms with E-state index in [1.165, 1.54) is 36.2 Å². The van der Waals surface area contributed by atoms with Gasteiger partial charge in [-0.1, -0.05) is 30.7 Å². The summed E-state index contributed by atoms with van der Waals surface area (Å²) in [5.74, 6) is -0.436. The molecule has 0 aromatic heterocycles. The number of hydrogen-bond acceptors (Lipinski definition) is 8. The first-order valence-electron chi connectivity index (χ1n) is 12.4. The number of benzene rings is 3. The summed E-state index contributed by atoms with van der Waals surface area (Å²) < 4.78 is 16.2. The van der Waals surface area contributed by atoms with E-state index >= 15 is 0 Å². The number of nitrogens with zero attached hydrogens (tertiary/aromatic N) is 3. The number of esters is 1. The molecule has 3 aromatic rings. The van der Waals surface area contributed by atoms with Gasteiger partial charge >= 0.3 is 5.97 Å². The summed E-state index contributed by atoms with van der Waals surface area (Å²) in [5, 5.41) is 11.2. The minimum atomic E-state index is -0.570. The lowest BCUT2D eigenvalue weighted by Gasteiger charge is -2.19. The van der Waals surface area contributed by atoms with Crippen LogP contribution in [0.2, 0.25) is 5.02 Å². The number of ether oxygens (including phenoxy) is 3. The lowest BCUT2D eigenvalue weighted by atomic mass is 10.1. The zero-order valence-corrected chi connectivity index (χ0v) is 24.0. The van der Waals surface area contributed by atoms with Gasteiger partial charge in [-0.15, -0.1) is 0 Å². The number of carbonyl (C=O) groups excluding carboxylic acids is 2.